The van der Waals surface area contributed by atoms with Crippen LogP contribution in [-0.4, -0.2) is 38.5 Å². The fraction of sp³-hybridized carbons (Fsp3) is 0.227. The summed E-state index contributed by atoms with van der Waals surface area (Å²) in [5.41, 5.74) is 2.49. The molecule has 2 aromatic carbocycles. The maximum Gasteiger partial charge on any atom is 0.311 e. The van der Waals surface area contributed by atoms with Gasteiger partial charge < -0.3 is 20.1 Å². The molecule has 0 aromatic heterocycles. The minimum Gasteiger partial charge on any atom is -0.497 e. The fourth-order valence-corrected chi connectivity index (χ4v) is 3.00. The van der Waals surface area contributed by atoms with Crippen LogP contribution >= 0.6 is 0 Å². The number of benzene rings is 2. The maximum absolute atomic E-state index is 12.8. The standard InChI is InChI=1S/C22H23N3O5/c1-29-17-9-7-15(8-10-17)13-23-20(26)14-25-19-6-4-3-5-18(19)24-16(11-21(25)27)12-22(28)30-2/h3-11,24H,12-14H2,1-2H3,(H,23,26). The predicted molar refractivity (Wildman–Crippen MR) is 112 cm³/mol. The number of methoxy groups -OCH3 is 2. The maximum atomic E-state index is 12.8. The molecule has 0 fully saturated rings. The Hall–Kier alpha value is -3.81. The number of nitrogens with one attached hydrogen (secondary N) is 2. The van der Waals surface area contributed by atoms with Crippen LogP contribution in [0.3, 0.4) is 0 Å². The van der Waals surface area contributed by atoms with Gasteiger partial charge in [0, 0.05) is 18.3 Å². The first-order valence-corrected chi connectivity index (χ1v) is 9.34. The van der Waals surface area contributed by atoms with E-state index < -0.39 is 11.9 Å². The molecule has 2 N–H and O–H groups in total. The summed E-state index contributed by atoms with van der Waals surface area (Å²) in [6.07, 6.45) is 1.24. The number of amides is 2. The summed E-state index contributed by atoms with van der Waals surface area (Å²) in [5, 5.41) is 5.90. The van der Waals surface area contributed by atoms with E-state index in [4.69, 9.17) is 4.74 Å². The van der Waals surface area contributed by atoms with Gasteiger partial charge in [0.15, 0.2) is 0 Å². The lowest BCUT2D eigenvalue weighted by atomic mass is 10.2. The number of carbonyl (C=O) groups excluding carboxylic acids is 3. The third-order valence-corrected chi connectivity index (χ3v) is 4.57. The largest absolute Gasteiger partial charge is 0.497 e. The quantitative estimate of drug-likeness (QED) is 0.681. The van der Waals surface area contributed by atoms with Gasteiger partial charge in [-0.15, -0.1) is 0 Å². The number of para-hydroxylation sites is 2. The van der Waals surface area contributed by atoms with E-state index in [0.29, 0.717) is 23.6 Å². The third-order valence-electron chi connectivity index (χ3n) is 4.57. The smallest absolute Gasteiger partial charge is 0.311 e. The van der Waals surface area contributed by atoms with Gasteiger partial charge in [-0.3, -0.25) is 19.3 Å². The number of carbonyl (C=O) groups is 3. The van der Waals surface area contributed by atoms with Crippen molar-refractivity contribution in [2.75, 3.05) is 31.0 Å². The first-order valence-electron chi connectivity index (χ1n) is 9.34. The van der Waals surface area contributed by atoms with Crippen molar-refractivity contribution >= 4 is 29.2 Å². The molecule has 0 saturated carbocycles. The number of hydrogen-bond donors (Lipinski definition) is 2. The van der Waals surface area contributed by atoms with E-state index in [1.54, 1.807) is 31.4 Å². The summed E-state index contributed by atoms with van der Waals surface area (Å²) < 4.78 is 9.80. The number of hydrogen-bond acceptors (Lipinski definition) is 6. The van der Waals surface area contributed by atoms with Gasteiger partial charge in [-0.25, -0.2) is 0 Å². The second kappa shape index (κ2) is 9.60. The highest BCUT2D eigenvalue weighted by atomic mass is 16.5. The molecular formula is C22H23N3O5. The van der Waals surface area contributed by atoms with Gasteiger partial charge in [-0.1, -0.05) is 24.3 Å². The van der Waals surface area contributed by atoms with Gasteiger partial charge >= 0.3 is 5.97 Å². The lowest BCUT2D eigenvalue weighted by Crippen LogP contribution is -2.39. The van der Waals surface area contributed by atoms with E-state index in [0.717, 1.165) is 11.3 Å². The van der Waals surface area contributed by atoms with Gasteiger partial charge in [0.1, 0.15) is 12.3 Å². The van der Waals surface area contributed by atoms with Crippen LogP contribution in [0.15, 0.2) is 60.3 Å². The summed E-state index contributed by atoms with van der Waals surface area (Å²) >= 11 is 0. The van der Waals surface area contributed by atoms with Crippen LogP contribution in [0.4, 0.5) is 11.4 Å². The highest BCUT2D eigenvalue weighted by Gasteiger charge is 2.24. The molecule has 2 amide bonds. The first-order chi connectivity index (χ1) is 14.5. The van der Waals surface area contributed by atoms with E-state index in [1.165, 1.54) is 18.1 Å². The normalized spacial score (nSPS) is 12.8. The fourth-order valence-electron chi connectivity index (χ4n) is 3.00. The molecule has 0 saturated heterocycles. The summed E-state index contributed by atoms with van der Waals surface area (Å²) in [5.74, 6) is -0.437. The molecule has 3 rings (SSSR count). The average molecular weight is 409 g/mol. The molecule has 1 aliphatic heterocycles. The van der Waals surface area contributed by atoms with Crippen molar-refractivity contribution in [2.45, 2.75) is 13.0 Å². The van der Waals surface area contributed by atoms with Crippen molar-refractivity contribution < 1.29 is 23.9 Å². The molecule has 0 radical (unpaired) electrons. The number of fused-ring (bicyclic) bond motifs is 1. The van der Waals surface area contributed by atoms with E-state index in [-0.39, 0.29) is 18.9 Å². The number of anilines is 2. The van der Waals surface area contributed by atoms with Gasteiger partial charge in [0.25, 0.3) is 5.91 Å². The molecule has 30 heavy (non-hydrogen) atoms. The number of nitrogens with zero attached hydrogens (tertiary/aromatic N) is 1. The van der Waals surface area contributed by atoms with Gasteiger partial charge in [-0.05, 0) is 29.8 Å². The third kappa shape index (κ3) is 5.16. The van der Waals surface area contributed by atoms with E-state index in [1.807, 2.05) is 24.3 Å². The van der Waals surface area contributed by atoms with Crippen molar-refractivity contribution in [1.82, 2.24) is 5.32 Å². The zero-order valence-electron chi connectivity index (χ0n) is 16.8. The van der Waals surface area contributed by atoms with E-state index in [2.05, 4.69) is 15.4 Å². The SMILES string of the molecule is COC(=O)CC1=CC(=O)N(CC(=O)NCc2ccc(OC)cc2)c2ccccc2N1. The van der Waals surface area contributed by atoms with Crippen LogP contribution in [0.5, 0.6) is 5.75 Å². The van der Waals surface area contributed by atoms with E-state index in [9.17, 15) is 14.4 Å². The zero-order chi connectivity index (χ0) is 21.5. The Kier molecular flexibility index (Phi) is 6.69. The Labute approximate surface area is 174 Å². The summed E-state index contributed by atoms with van der Waals surface area (Å²) in [6.45, 7) is 0.171. The minimum atomic E-state index is -0.468. The summed E-state index contributed by atoms with van der Waals surface area (Å²) in [7, 11) is 2.88. The molecular weight excluding hydrogens is 386 g/mol. The Balaban J connectivity index is 1.72. The lowest BCUT2D eigenvalue weighted by Gasteiger charge is -2.21. The Morgan fingerprint density at radius 2 is 1.80 bits per heavy atom. The van der Waals surface area contributed by atoms with Gasteiger partial charge in [0.05, 0.1) is 32.0 Å². The molecule has 0 bridgehead atoms. The minimum absolute atomic E-state index is 0.0753. The number of esters is 1. The molecule has 0 aliphatic carbocycles. The van der Waals surface area contributed by atoms with Crippen LogP contribution in [-0.2, 0) is 25.7 Å². The Morgan fingerprint density at radius 3 is 2.50 bits per heavy atom. The molecule has 0 atom stereocenters. The average Bonchev–Trinajstić information content (AvgIpc) is 2.88. The van der Waals surface area contributed by atoms with Crippen LogP contribution in [0, 0.1) is 0 Å². The lowest BCUT2D eigenvalue weighted by molar-refractivity contribution is -0.139. The molecule has 1 aliphatic rings. The van der Waals surface area contributed by atoms with E-state index >= 15 is 0 Å². The van der Waals surface area contributed by atoms with Crippen molar-refractivity contribution in [3.63, 3.8) is 0 Å². The van der Waals surface area contributed by atoms with Crippen molar-refractivity contribution in [2.24, 2.45) is 0 Å². The van der Waals surface area contributed by atoms with Crippen LogP contribution in [0.2, 0.25) is 0 Å². The van der Waals surface area contributed by atoms with Gasteiger partial charge in [-0.2, -0.15) is 0 Å². The first kappa shape index (κ1) is 20.9. The van der Waals surface area contributed by atoms with Crippen LogP contribution in [0.1, 0.15) is 12.0 Å². The zero-order valence-corrected chi connectivity index (χ0v) is 16.8. The molecule has 8 nitrogen and oxygen atoms in total. The van der Waals surface area contributed by atoms with Crippen molar-refractivity contribution in [3.8, 4) is 5.75 Å². The molecule has 156 valence electrons. The molecule has 8 heteroatoms. The van der Waals surface area contributed by atoms with Gasteiger partial charge in [0.2, 0.25) is 5.91 Å². The second-order valence-electron chi connectivity index (χ2n) is 6.61. The van der Waals surface area contributed by atoms with Crippen molar-refractivity contribution in [3.05, 3.63) is 65.9 Å². The summed E-state index contributed by atoms with van der Waals surface area (Å²) in [4.78, 5) is 38.3. The van der Waals surface area contributed by atoms with Crippen molar-refractivity contribution in [1.29, 1.82) is 0 Å². The number of rotatable bonds is 7. The Bertz CT molecular complexity index is 969. The molecule has 2 aromatic rings. The topological polar surface area (TPSA) is 97.0 Å². The highest BCUT2D eigenvalue weighted by molar-refractivity contribution is 6.09. The highest BCUT2D eigenvalue weighted by Crippen LogP contribution is 2.30. The molecule has 1 heterocycles. The van der Waals surface area contributed by atoms with Crippen LogP contribution in [0.25, 0.3) is 0 Å². The molecule has 0 unspecified atom stereocenters. The predicted octanol–water partition coefficient (Wildman–Crippen LogP) is 2.22. The monoisotopic (exact) mass is 409 g/mol. The second-order valence-corrected chi connectivity index (χ2v) is 6.61. The number of ether oxygens (including phenoxy) is 2. The summed E-state index contributed by atoms with van der Waals surface area (Å²) in [6, 6.07) is 14.5. The van der Waals surface area contributed by atoms with Crippen LogP contribution < -0.4 is 20.3 Å². The molecule has 0 spiro atoms. The Morgan fingerprint density at radius 1 is 1.07 bits per heavy atom.